The number of halogens is 1. The van der Waals surface area contributed by atoms with Crippen molar-refractivity contribution < 1.29 is 0 Å². The van der Waals surface area contributed by atoms with Crippen LogP contribution < -0.4 is 0 Å². The lowest BCUT2D eigenvalue weighted by Crippen LogP contribution is -2.07. The van der Waals surface area contributed by atoms with Crippen LogP contribution in [0.2, 0.25) is 0 Å². The van der Waals surface area contributed by atoms with Gasteiger partial charge in [-0.3, -0.25) is 4.68 Å². The molecule has 0 amide bonds. The van der Waals surface area contributed by atoms with E-state index in [4.69, 9.17) is 0 Å². The molecule has 2 aromatic heterocycles. The largest absolute Gasteiger partial charge is 0.269 e. The Morgan fingerprint density at radius 2 is 2.21 bits per heavy atom. The van der Waals surface area contributed by atoms with E-state index >= 15 is 0 Å². The topological polar surface area (TPSA) is 48.5 Å². The summed E-state index contributed by atoms with van der Waals surface area (Å²) in [5, 5.41) is 12.9. The SMILES string of the molecule is CC(Br)c1cn(Cc2ccn(C3CCCC3)n2)nn1. The lowest BCUT2D eigenvalue weighted by Gasteiger charge is -2.08. The Balaban J connectivity index is 1.68. The lowest BCUT2D eigenvalue weighted by molar-refractivity contribution is 0.460. The van der Waals surface area contributed by atoms with Gasteiger partial charge in [-0.25, -0.2) is 4.68 Å². The van der Waals surface area contributed by atoms with Gasteiger partial charge >= 0.3 is 0 Å². The monoisotopic (exact) mass is 323 g/mol. The molecule has 0 bridgehead atoms. The first-order chi connectivity index (χ1) is 9.22. The first kappa shape index (κ1) is 12.8. The van der Waals surface area contributed by atoms with Gasteiger partial charge in [0.1, 0.15) is 0 Å². The zero-order valence-corrected chi connectivity index (χ0v) is 12.6. The van der Waals surface area contributed by atoms with Gasteiger partial charge in [0.25, 0.3) is 0 Å². The van der Waals surface area contributed by atoms with E-state index in [1.165, 1.54) is 25.7 Å². The fourth-order valence-electron chi connectivity index (χ4n) is 2.57. The van der Waals surface area contributed by atoms with Gasteiger partial charge in [0.2, 0.25) is 0 Å². The molecule has 1 aliphatic rings. The maximum Gasteiger partial charge on any atom is 0.0960 e. The summed E-state index contributed by atoms with van der Waals surface area (Å²) in [7, 11) is 0. The highest BCUT2D eigenvalue weighted by molar-refractivity contribution is 9.09. The predicted molar refractivity (Wildman–Crippen MR) is 76.2 cm³/mol. The number of hydrogen-bond acceptors (Lipinski definition) is 3. The van der Waals surface area contributed by atoms with E-state index in [1.807, 2.05) is 17.8 Å². The van der Waals surface area contributed by atoms with Gasteiger partial charge in [-0.05, 0) is 25.8 Å². The molecule has 0 aliphatic heterocycles. The Labute approximate surface area is 121 Å². The molecule has 0 spiro atoms. The van der Waals surface area contributed by atoms with Crippen LogP contribution in [-0.2, 0) is 6.54 Å². The van der Waals surface area contributed by atoms with E-state index in [-0.39, 0.29) is 4.83 Å². The molecule has 1 atom stereocenters. The molecule has 19 heavy (non-hydrogen) atoms. The zero-order chi connectivity index (χ0) is 13.2. The number of rotatable bonds is 4. The van der Waals surface area contributed by atoms with Crippen LogP contribution >= 0.6 is 15.9 Å². The van der Waals surface area contributed by atoms with E-state index in [0.29, 0.717) is 12.6 Å². The van der Waals surface area contributed by atoms with Gasteiger partial charge in [-0.15, -0.1) is 5.10 Å². The summed E-state index contributed by atoms with van der Waals surface area (Å²) in [6, 6.07) is 2.68. The number of hydrogen-bond donors (Lipinski definition) is 0. The van der Waals surface area contributed by atoms with Gasteiger partial charge in [0.15, 0.2) is 0 Å². The maximum absolute atomic E-state index is 4.66. The minimum absolute atomic E-state index is 0.234. The molecule has 2 aromatic rings. The minimum Gasteiger partial charge on any atom is -0.269 e. The third kappa shape index (κ3) is 2.88. The highest BCUT2D eigenvalue weighted by Gasteiger charge is 2.17. The fraction of sp³-hybridized carbons (Fsp3) is 0.615. The summed E-state index contributed by atoms with van der Waals surface area (Å²) in [5.74, 6) is 0. The van der Waals surface area contributed by atoms with Crippen LogP contribution in [0, 0.1) is 0 Å². The Hall–Kier alpha value is -1.17. The van der Waals surface area contributed by atoms with Crippen molar-refractivity contribution >= 4 is 15.9 Å². The van der Waals surface area contributed by atoms with Crippen LogP contribution in [-0.4, -0.2) is 24.8 Å². The summed E-state index contributed by atoms with van der Waals surface area (Å²) in [4.78, 5) is 0.234. The molecule has 1 unspecified atom stereocenters. The van der Waals surface area contributed by atoms with Crippen molar-refractivity contribution in [3.63, 3.8) is 0 Å². The maximum atomic E-state index is 4.66. The zero-order valence-electron chi connectivity index (χ0n) is 11.0. The quantitative estimate of drug-likeness (QED) is 0.812. The third-order valence-electron chi connectivity index (χ3n) is 3.65. The summed E-state index contributed by atoms with van der Waals surface area (Å²) in [6.45, 7) is 2.73. The van der Waals surface area contributed by atoms with Crippen molar-refractivity contribution in [2.45, 2.75) is 50.0 Å². The molecule has 1 saturated carbocycles. The molecule has 1 aliphatic carbocycles. The Morgan fingerprint density at radius 1 is 1.42 bits per heavy atom. The molecule has 3 rings (SSSR count). The van der Waals surface area contributed by atoms with Crippen LogP contribution in [0.1, 0.15) is 54.9 Å². The summed E-state index contributed by atoms with van der Waals surface area (Å²) < 4.78 is 3.96. The van der Waals surface area contributed by atoms with Gasteiger partial charge in [-0.2, -0.15) is 5.10 Å². The molecular weight excluding hydrogens is 306 g/mol. The normalized spacial score (nSPS) is 18.0. The molecule has 0 N–H and O–H groups in total. The Morgan fingerprint density at radius 3 is 2.89 bits per heavy atom. The average molecular weight is 324 g/mol. The van der Waals surface area contributed by atoms with E-state index in [1.54, 1.807) is 0 Å². The second-order valence-electron chi connectivity index (χ2n) is 5.18. The van der Waals surface area contributed by atoms with Crippen LogP contribution in [0.4, 0.5) is 0 Å². The molecule has 102 valence electrons. The van der Waals surface area contributed by atoms with Crippen molar-refractivity contribution in [2.75, 3.05) is 0 Å². The summed E-state index contributed by atoms with van der Waals surface area (Å²) in [5.41, 5.74) is 2.00. The van der Waals surface area contributed by atoms with Crippen molar-refractivity contribution in [3.05, 3.63) is 29.8 Å². The van der Waals surface area contributed by atoms with E-state index in [2.05, 4.69) is 48.3 Å². The predicted octanol–water partition coefficient (Wildman–Crippen LogP) is 3.09. The molecule has 0 aromatic carbocycles. The van der Waals surface area contributed by atoms with Crippen LogP contribution in [0.15, 0.2) is 18.5 Å². The van der Waals surface area contributed by atoms with Crippen molar-refractivity contribution in [1.82, 2.24) is 24.8 Å². The molecule has 1 fully saturated rings. The smallest absolute Gasteiger partial charge is 0.0960 e. The van der Waals surface area contributed by atoms with Crippen molar-refractivity contribution in [1.29, 1.82) is 0 Å². The van der Waals surface area contributed by atoms with E-state index in [0.717, 1.165) is 11.4 Å². The molecular formula is C13H18BrN5. The molecule has 5 nitrogen and oxygen atoms in total. The first-order valence-corrected chi connectivity index (χ1v) is 7.72. The number of nitrogens with zero attached hydrogens (tertiary/aromatic N) is 5. The molecule has 0 radical (unpaired) electrons. The van der Waals surface area contributed by atoms with Gasteiger partial charge < -0.3 is 0 Å². The van der Waals surface area contributed by atoms with Gasteiger partial charge in [0.05, 0.1) is 35.0 Å². The second-order valence-corrected chi connectivity index (χ2v) is 6.56. The molecule has 6 heteroatoms. The molecule has 2 heterocycles. The fourth-order valence-corrected chi connectivity index (χ4v) is 2.78. The number of aromatic nitrogens is 5. The van der Waals surface area contributed by atoms with Crippen molar-refractivity contribution in [3.8, 4) is 0 Å². The van der Waals surface area contributed by atoms with Crippen LogP contribution in [0.3, 0.4) is 0 Å². The third-order valence-corrected chi connectivity index (χ3v) is 4.12. The van der Waals surface area contributed by atoms with Gasteiger partial charge in [-0.1, -0.05) is 34.0 Å². The van der Waals surface area contributed by atoms with E-state index in [9.17, 15) is 0 Å². The second kappa shape index (κ2) is 5.45. The van der Waals surface area contributed by atoms with Crippen molar-refractivity contribution in [2.24, 2.45) is 0 Å². The highest BCUT2D eigenvalue weighted by atomic mass is 79.9. The van der Waals surface area contributed by atoms with Crippen LogP contribution in [0.5, 0.6) is 0 Å². The minimum atomic E-state index is 0.234. The highest BCUT2D eigenvalue weighted by Crippen LogP contribution is 2.28. The Bertz CT molecular complexity index is 539. The van der Waals surface area contributed by atoms with Gasteiger partial charge in [0, 0.05) is 6.20 Å². The lowest BCUT2D eigenvalue weighted by atomic mass is 10.3. The van der Waals surface area contributed by atoms with Crippen LogP contribution in [0.25, 0.3) is 0 Å². The summed E-state index contributed by atoms with van der Waals surface area (Å²) in [6.07, 6.45) is 9.24. The molecule has 0 saturated heterocycles. The summed E-state index contributed by atoms with van der Waals surface area (Å²) >= 11 is 3.49. The Kier molecular flexibility index (Phi) is 3.68. The number of alkyl halides is 1. The first-order valence-electron chi connectivity index (χ1n) is 6.80. The standard InChI is InChI=1S/C13H18BrN5/c1-10(14)13-9-18(17-15-13)8-11-6-7-19(16-11)12-4-2-3-5-12/h6-7,9-10,12H,2-5,8H2,1H3. The van der Waals surface area contributed by atoms with E-state index < -0.39 is 0 Å². The average Bonchev–Trinajstić information content (AvgIpc) is 3.09.